The molecular weight excluding hydrogens is 221 g/mol. The second-order valence-corrected chi connectivity index (χ2v) is 3.46. The number of anilines is 2. The first kappa shape index (κ1) is 11.0. The lowest BCUT2D eigenvalue weighted by Crippen LogP contribution is -2.03. The molecular formula is C11H10FN5. The van der Waals surface area contributed by atoms with Gasteiger partial charge in [0.1, 0.15) is 17.7 Å². The van der Waals surface area contributed by atoms with E-state index in [-0.39, 0.29) is 5.56 Å². The minimum atomic E-state index is -0.435. The summed E-state index contributed by atoms with van der Waals surface area (Å²) < 4.78 is 12.9. The van der Waals surface area contributed by atoms with Crippen molar-refractivity contribution in [2.24, 2.45) is 0 Å². The Bertz CT molecular complexity index is 569. The number of hydrogen-bond donors (Lipinski definition) is 3. The molecule has 0 saturated heterocycles. The van der Waals surface area contributed by atoms with Crippen LogP contribution in [0.5, 0.6) is 0 Å². The van der Waals surface area contributed by atoms with Crippen LogP contribution in [-0.4, -0.2) is 10.2 Å². The SMILES string of the molecule is N#Cc1cc(F)ccc1NCc1cn[nH]c1N. The van der Waals surface area contributed by atoms with Gasteiger partial charge in [-0.1, -0.05) is 0 Å². The maximum Gasteiger partial charge on any atom is 0.124 e. The van der Waals surface area contributed by atoms with Gasteiger partial charge in [-0.15, -0.1) is 0 Å². The fourth-order valence-electron chi connectivity index (χ4n) is 1.42. The lowest BCUT2D eigenvalue weighted by Gasteiger charge is -2.07. The Labute approximate surface area is 97.1 Å². The Morgan fingerprint density at radius 1 is 1.53 bits per heavy atom. The van der Waals surface area contributed by atoms with Gasteiger partial charge in [0.15, 0.2) is 0 Å². The van der Waals surface area contributed by atoms with E-state index in [9.17, 15) is 4.39 Å². The molecule has 0 radical (unpaired) electrons. The second kappa shape index (κ2) is 4.53. The molecule has 0 atom stereocenters. The van der Waals surface area contributed by atoms with Crippen molar-refractivity contribution in [2.45, 2.75) is 6.54 Å². The molecule has 0 aliphatic carbocycles. The summed E-state index contributed by atoms with van der Waals surface area (Å²) in [6, 6.07) is 5.92. The molecule has 0 aliphatic rings. The highest BCUT2D eigenvalue weighted by atomic mass is 19.1. The number of rotatable bonds is 3. The zero-order valence-corrected chi connectivity index (χ0v) is 8.87. The molecule has 1 aromatic heterocycles. The Morgan fingerprint density at radius 2 is 2.35 bits per heavy atom. The van der Waals surface area contributed by atoms with Crippen molar-refractivity contribution in [2.75, 3.05) is 11.1 Å². The van der Waals surface area contributed by atoms with Crippen LogP contribution in [0, 0.1) is 17.1 Å². The number of aromatic nitrogens is 2. The highest BCUT2D eigenvalue weighted by molar-refractivity contribution is 5.58. The molecule has 1 heterocycles. The van der Waals surface area contributed by atoms with Crippen molar-refractivity contribution in [1.29, 1.82) is 5.26 Å². The van der Waals surface area contributed by atoms with Gasteiger partial charge in [0.05, 0.1) is 17.4 Å². The first-order valence-electron chi connectivity index (χ1n) is 4.92. The van der Waals surface area contributed by atoms with Crippen LogP contribution in [0.4, 0.5) is 15.9 Å². The topological polar surface area (TPSA) is 90.5 Å². The van der Waals surface area contributed by atoms with Crippen LogP contribution in [0.2, 0.25) is 0 Å². The zero-order valence-electron chi connectivity index (χ0n) is 8.87. The van der Waals surface area contributed by atoms with E-state index < -0.39 is 5.82 Å². The summed E-state index contributed by atoms with van der Waals surface area (Å²) >= 11 is 0. The largest absolute Gasteiger partial charge is 0.384 e. The van der Waals surface area contributed by atoms with Gasteiger partial charge in [0, 0.05) is 12.1 Å². The van der Waals surface area contributed by atoms with Crippen molar-refractivity contribution in [3.63, 3.8) is 0 Å². The summed E-state index contributed by atoms with van der Waals surface area (Å²) in [6.45, 7) is 0.419. The van der Waals surface area contributed by atoms with E-state index in [1.165, 1.54) is 18.2 Å². The summed E-state index contributed by atoms with van der Waals surface area (Å²) in [5.74, 6) is 0.0352. The fraction of sp³-hybridized carbons (Fsp3) is 0.0909. The number of nitrogen functional groups attached to an aromatic ring is 1. The average Bonchev–Trinajstić information content (AvgIpc) is 2.73. The quantitative estimate of drug-likeness (QED) is 0.748. The maximum absolute atomic E-state index is 12.9. The minimum absolute atomic E-state index is 0.257. The molecule has 0 unspecified atom stereocenters. The van der Waals surface area contributed by atoms with Crippen LogP contribution < -0.4 is 11.1 Å². The number of aromatic amines is 1. The molecule has 6 heteroatoms. The van der Waals surface area contributed by atoms with E-state index in [4.69, 9.17) is 11.0 Å². The van der Waals surface area contributed by atoms with E-state index in [1.807, 2.05) is 6.07 Å². The number of nitrogens with two attached hydrogens (primary N) is 1. The third-order valence-corrected chi connectivity index (χ3v) is 2.32. The van der Waals surface area contributed by atoms with Crippen molar-refractivity contribution in [3.05, 3.63) is 41.3 Å². The van der Waals surface area contributed by atoms with Gasteiger partial charge in [-0.05, 0) is 18.2 Å². The molecule has 0 amide bonds. The van der Waals surface area contributed by atoms with Crippen LogP contribution in [-0.2, 0) is 6.54 Å². The van der Waals surface area contributed by atoms with Crippen molar-refractivity contribution >= 4 is 11.5 Å². The molecule has 0 aliphatic heterocycles. The Morgan fingerprint density at radius 3 is 3.00 bits per heavy atom. The lowest BCUT2D eigenvalue weighted by molar-refractivity contribution is 0.627. The van der Waals surface area contributed by atoms with Crippen LogP contribution in [0.25, 0.3) is 0 Å². The molecule has 2 rings (SSSR count). The molecule has 5 nitrogen and oxygen atoms in total. The van der Waals surface area contributed by atoms with Crippen LogP contribution in [0.15, 0.2) is 24.4 Å². The van der Waals surface area contributed by atoms with Crippen molar-refractivity contribution < 1.29 is 4.39 Å². The van der Waals surface area contributed by atoms with E-state index in [0.717, 1.165) is 5.56 Å². The number of benzene rings is 1. The molecule has 17 heavy (non-hydrogen) atoms. The standard InChI is InChI=1S/C11H10FN5/c12-9-1-2-10(7(3-9)4-13)15-5-8-6-16-17-11(8)14/h1-3,6,15H,5H2,(H3,14,16,17). The average molecular weight is 231 g/mol. The lowest BCUT2D eigenvalue weighted by atomic mass is 10.2. The summed E-state index contributed by atoms with van der Waals surface area (Å²) in [7, 11) is 0. The third-order valence-electron chi connectivity index (χ3n) is 2.32. The summed E-state index contributed by atoms with van der Waals surface area (Å²) in [5, 5.41) is 18.2. The number of nitriles is 1. The maximum atomic E-state index is 12.9. The predicted octanol–water partition coefficient (Wildman–Crippen LogP) is 1.61. The molecule has 1 aromatic carbocycles. The molecule has 0 saturated carbocycles. The first-order valence-corrected chi connectivity index (χ1v) is 4.92. The van der Waals surface area contributed by atoms with Gasteiger partial charge in [-0.2, -0.15) is 10.4 Å². The van der Waals surface area contributed by atoms with E-state index in [1.54, 1.807) is 6.20 Å². The molecule has 2 aromatic rings. The molecule has 0 fully saturated rings. The summed E-state index contributed by atoms with van der Waals surface area (Å²) in [5.41, 5.74) is 7.23. The number of nitrogens with one attached hydrogen (secondary N) is 2. The second-order valence-electron chi connectivity index (χ2n) is 3.46. The van der Waals surface area contributed by atoms with Gasteiger partial charge >= 0.3 is 0 Å². The Balaban J connectivity index is 2.15. The smallest absolute Gasteiger partial charge is 0.124 e. The van der Waals surface area contributed by atoms with Crippen LogP contribution in [0.3, 0.4) is 0 Å². The third kappa shape index (κ3) is 2.34. The molecule has 86 valence electrons. The van der Waals surface area contributed by atoms with Gasteiger partial charge < -0.3 is 11.1 Å². The zero-order chi connectivity index (χ0) is 12.3. The van der Waals surface area contributed by atoms with Crippen molar-refractivity contribution in [1.82, 2.24) is 10.2 Å². The van der Waals surface area contributed by atoms with E-state index >= 15 is 0 Å². The fourth-order valence-corrected chi connectivity index (χ4v) is 1.42. The summed E-state index contributed by atoms with van der Waals surface area (Å²) in [6.07, 6.45) is 1.60. The number of nitrogens with zero attached hydrogens (tertiary/aromatic N) is 2. The normalized spacial score (nSPS) is 9.88. The number of hydrogen-bond acceptors (Lipinski definition) is 4. The van der Waals surface area contributed by atoms with Gasteiger partial charge in [-0.25, -0.2) is 4.39 Å². The van der Waals surface area contributed by atoms with Gasteiger partial charge in [-0.3, -0.25) is 5.10 Å². The first-order chi connectivity index (χ1) is 8.20. The Kier molecular flexibility index (Phi) is 2.92. The van der Waals surface area contributed by atoms with E-state index in [0.29, 0.717) is 18.1 Å². The van der Waals surface area contributed by atoms with Gasteiger partial charge in [0.25, 0.3) is 0 Å². The van der Waals surface area contributed by atoms with Crippen LogP contribution >= 0.6 is 0 Å². The molecule has 0 spiro atoms. The minimum Gasteiger partial charge on any atom is -0.384 e. The Hall–Kier alpha value is -2.55. The van der Waals surface area contributed by atoms with E-state index in [2.05, 4.69) is 15.5 Å². The van der Waals surface area contributed by atoms with Crippen molar-refractivity contribution in [3.8, 4) is 6.07 Å². The number of H-pyrrole nitrogens is 1. The highest BCUT2D eigenvalue weighted by Crippen LogP contribution is 2.17. The predicted molar refractivity (Wildman–Crippen MR) is 61.4 cm³/mol. The molecule has 4 N–H and O–H groups in total. The van der Waals surface area contributed by atoms with Gasteiger partial charge in [0.2, 0.25) is 0 Å². The summed E-state index contributed by atoms with van der Waals surface area (Å²) in [4.78, 5) is 0. The monoisotopic (exact) mass is 231 g/mol. The number of halogens is 1. The van der Waals surface area contributed by atoms with Crippen LogP contribution in [0.1, 0.15) is 11.1 Å². The highest BCUT2D eigenvalue weighted by Gasteiger charge is 2.05. The molecule has 0 bridgehead atoms.